The molecule has 1 fully saturated rings. The quantitative estimate of drug-likeness (QED) is 0.0215. The lowest BCUT2D eigenvalue weighted by atomic mass is 9.98. The average Bonchev–Trinajstić information content (AvgIpc) is 3.38. The standard InChI is InChI=1S/C61H119NO10/c1-3-5-7-9-11-13-15-17-19-21-23-25-26-27-28-29-31-33-35-37-39-41-43-45-47-49-54(65)60(70)62-52(51-71-61-59(69)58(68)57(67)55(50-63)72-61)56(66)53(64)48-46-44-42-40-38-36-34-32-30-24-22-20-18-16-14-12-10-8-6-4-2/h27-28,52-59,61,63-69H,3-26,29-51H2,1-2H3,(H,62,70)/b28-27-. The smallest absolute Gasteiger partial charge is 0.249 e. The summed E-state index contributed by atoms with van der Waals surface area (Å²) in [7, 11) is 0. The summed E-state index contributed by atoms with van der Waals surface area (Å²) in [4.78, 5) is 13.2. The molecule has 1 aliphatic rings. The van der Waals surface area contributed by atoms with Crippen molar-refractivity contribution in [1.29, 1.82) is 0 Å². The molecule has 1 heterocycles. The number of rotatable bonds is 54. The van der Waals surface area contributed by atoms with E-state index >= 15 is 0 Å². The van der Waals surface area contributed by atoms with Crippen molar-refractivity contribution < 1.29 is 50.0 Å². The van der Waals surface area contributed by atoms with Crippen molar-refractivity contribution in [2.45, 2.75) is 358 Å². The largest absolute Gasteiger partial charge is 0.394 e. The maximum Gasteiger partial charge on any atom is 0.249 e. The van der Waals surface area contributed by atoms with Crippen molar-refractivity contribution in [2.24, 2.45) is 0 Å². The molecule has 0 aliphatic carbocycles. The number of ether oxygens (including phenoxy) is 2. The molecule has 0 saturated carbocycles. The lowest BCUT2D eigenvalue weighted by Crippen LogP contribution is -2.60. The van der Waals surface area contributed by atoms with Gasteiger partial charge < -0.3 is 50.5 Å². The average molecular weight is 1030 g/mol. The Morgan fingerprint density at radius 2 is 0.806 bits per heavy atom. The van der Waals surface area contributed by atoms with E-state index in [9.17, 15) is 40.5 Å². The van der Waals surface area contributed by atoms with Gasteiger partial charge in [0.05, 0.1) is 25.4 Å². The SMILES string of the molecule is CCCCCCCCCCCCCC/C=C\CCCCCCCCCCCC(O)C(=O)NC(COC1OC(CO)C(O)C(O)C1O)C(O)C(O)CCCCCCCCCCCCCCCCCCCCCC. The van der Waals surface area contributed by atoms with Crippen molar-refractivity contribution in [3.8, 4) is 0 Å². The normalized spacial score (nSPS) is 20.0. The lowest BCUT2D eigenvalue weighted by Gasteiger charge is -2.40. The van der Waals surface area contributed by atoms with Gasteiger partial charge >= 0.3 is 0 Å². The minimum atomic E-state index is -1.66. The summed E-state index contributed by atoms with van der Waals surface area (Å²) in [5.41, 5.74) is 0. The van der Waals surface area contributed by atoms with Crippen LogP contribution >= 0.6 is 0 Å². The van der Waals surface area contributed by atoms with Gasteiger partial charge in [-0.2, -0.15) is 0 Å². The van der Waals surface area contributed by atoms with Gasteiger partial charge in [-0.1, -0.05) is 276 Å². The van der Waals surface area contributed by atoms with Crippen LogP contribution in [0.5, 0.6) is 0 Å². The predicted octanol–water partition coefficient (Wildman–Crippen LogP) is 13.5. The molecule has 9 unspecified atom stereocenters. The van der Waals surface area contributed by atoms with Crippen molar-refractivity contribution in [3.05, 3.63) is 12.2 Å². The van der Waals surface area contributed by atoms with Gasteiger partial charge in [0, 0.05) is 0 Å². The minimum Gasteiger partial charge on any atom is -0.394 e. The molecule has 11 heteroatoms. The number of hydrogen-bond acceptors (Lipinski definition) is 10. The Morgan fingerprint density at radius 1 is 0.472 bits per heavy atom. The first-order valence-corrected chi connectivity index (χ1v) is 31.1. The van der Waals surface area contributed by atoms with E-state index in [1.54, 1.807) is 0 Å². The van der Waals surface area contributed by atoms with Crippen LogP contribution in [-0.4, -0.2) is 110 Å². The molecule has 1 amide bonds. The van der Waals surface area contributed by atoms with E-state index in [1.165, 1.54) is 225 Å². The topological polar surface area (TPSA) is 189 Å². The van der Waals surface area contributed by atoms with Gasteiger partial charge in [0.1, 0.15) is 36.6 Å². The lowest BCUT2D eigenvalue weighted by molar-refractivity contribution is -0.303. The van der Waals surface area contributed by atoms with E-state index in [4.69, 9.17) is 9.47 Å². The van der Waals surface area contributed by atoms with Gasteiger partial charge in [-0.25, -0.2) is 0 Å². The molecule has 9 atom stereocenters. The van der Waals surface area contributed by atoms with Gasteiger partial charge in [0.15, 0.2) is 6.29 Å². The number of unbranched alkanes of at least 4 members (excludes halogenated alkanes) is 40. The van der Waals surface area contributed by atoms with Gasteiger partial charge in [-0.15, -0.1) is 0 Å². The molecule has 0 spiro atoms. The number of hydrogen-bond donors (Lipinski definition) is 8. The molecule has 11 nitrogen and oxygen atoms in total. The first-order valence-electron chi connectivity index (χ1n) is 31.1. The Bertz CT molecular complexity index is 1180. The number of amides is 1. The molecule has 0 aromatic heterocycles. The molecule has 1 rings (SSSR count). The van der Waals surface area contributed by atoms with Crippen LogP contribution in [0.15, 0.2) is 12.2 Å². The summed E-state index contributed by atoms with van der Waals surface area (Å²) in [5, 5.41) is 76.3. The highest BCUT2D eigenvalue weighted by molar-refractivity contribution is 5.80. The molecule has 8 N–H and O–H groups in total. The fraction of sp³-hybridized carbons (Fsp3) is 0.951. The Hall–Kier alpha value is -1.15. The van der Waals surface area contributed by atoms with Crippen LogP contribution in [0.1, 0.15) is 303 Å². The van der Waals surface area contributed by atoms with Crippen molar-refractivity contribution in [3.63, 3.8) is 0 Å². The number of aliphatic hydroxyl groups excluding tert-OH is 7. The third-order valence-electron chi connectivity index (χ3n) is 15.3. The fourth-order valence-electron chi connectivity index (χ4n) is 10.3. The van der Waals surface area contributed by atoms with Crippen LogP contribution in [0.4, 0.5) is 0 Å². The summed E-state index contributed by atoms with van der Waals surface area (Å²) in [5.74, 6) is -0.693. The van der Waals surface area contributed by atoms with Crippen LogP contribution in [0.3, 0.4) is 0 Å². The third kappa shape index (κ3) is 38.4. The summed E-state index contributed by atoms with van der Waals surface area (Å²) in [6.07, 6.45) is 48.4. The molecule has 428 valence electrons. The molecule has 72 heavy (non-hydrogen) atoms. The van der Waals surface area contributed by atoms with E-state index in [-0.39, 0.29) is 6.42 Å². The molecule has 1 aliphatic heterocycles. The van der Waals surface area contributed by atoms with Crippen LogP contribution in [-0.2, 0) is 14.3 Å². The van der Waals surface area contributed by atoms with E-state index in [1.807, 2.05) is 0 Å². The minimum absolute atomic E-state index is 0.261. The maximum atomic E-state index is 13.2. The maximum absolute atomic E-state index is 13.2. The van der Waals surface area contributed by atoms with Gasteiger partial charge in [-0.05, 0) is 38.5 Å². The van der Waals surface area contributed by atoms with Crippen LogP contribution < -0.4 is 5.32 Å². The number of nitrogens with one attached hydrogen (secondary N) is 1. The van der Waals surface area contributed by atoms with Crippen LogP contribution in [0, 0.1) is 0 Å². The van der Waals surface area contributed by atoms with E-state index < -0.39 is 74.2 Å². The zero-order chi connectivity index (χ0) is 52.5. The number of carbonyl (C=O) groups is 1. The first-order chi connectivity index (χ1) is 35.2. The van der Waals surface area contributed by atoms with Crippen LogP contribution in [0.25, 0.3) is 0 Å². The molecule has 0 bridgehead atoms. The van der Waals surface area contributed by atoms with Gasteiger partial charge in [0.2, 0.25) is 5.91 Å². The summed E-state index contributed by atoms with van der Waals surface area (Å²) in [6, 6.07) is -1.17. The molecule has 1 saturated heterocycles. The Balaban J connectivity index is 2.27. The van der Waals surface area contributed by atoms with Gasteiger partial charge in [-0.3, -0.25) is 4.79 Å². The first kappa shape index (κ1) is 68.9. The van der Waals surface area contributed by atoms with Gasteiger partial charge in [0.25, 0.3) is 0 Å². The Morgan fingerprint density at radius 3 is 1.17 bits per heavy atom. The molecule has 0 aromatic carbocycles. The number of aliphatic hydroxyl groups is 7. The monoisotopic (exact) mass is 1030 g/mol. The predicted molar refractivity (Wildman–Crippen MR) is 298 cm³/mol. The zero-order valence-corrected chi connectivity index (χ0v) is 46.9. The van der Waals surface area contributed by atoms with E-state index in [0.29, 0.717) is 19.3 Å². The zero-order valence-electron chi connectivity index (χ0n) is 46.9. The third-order valence-corrected chi connectivity index (χ3v) is 15.3. The molecule has 0 radical (unpaired) electrons. The highest BCUT2D eigenvalue weighted by atomic mass is 16.7. The van der Waals surface area contributed by atoms with E-state index in [0.717, 1.165) is 38.5 Å². The highest BCUT2D eigenvalue weighted by Gasteiger charge is 2.44. The van der Waals surface area contributed by atoms with Crippen molar-refractivity contribution in [2.75, 3.05) is 13.2 Å². The Labute approximate surface area is 442 Å². The number of allylic oxidation sites excluding steroid dienone is 2. The fourth-order valence-corrected chi connectivity index (χ4v) is 10.3. The second-order valence-corrected chi connectivity index (χ2v) is 22.1. The highest BCUT2D eigenvalue weighted by Crippen LogP contribution is 2.24. The summed E-state index contributed by atoms with van der Waals surface area (Å²) < 4.78 is 11.2. The van der Waals surface area contributed by atoms with E-state index in [2.05, 4.69) is 31.3 Å². The Kier molecular flexibility index (Phi) is 48.4. The van der Waals surface area contributed by atoms with Crippen LogP contribution in [0.2, 0.25) is 0 Å². The summed E-state index contributed by atoms with van der Waals surface area (Å²) >= 11 is 0. The second kappa shape index (κ2) is 50.7. The summed E-state index contributed by atoms with van der Waals surface area (Å²) in [6.45, 7) is 3.50. The molecular formula is C61H119NO10. The van der Waals surface area contributed by atoms with Crippen molar-refractivity contribution >= 4 is 5.91 Å². The number of carbonyl (C=O) groups excluding carboxylic acids is 1. The second-order valence-electron chi connectivity index (χ2n) is 22.1. The van der Waals surface area contributed by atoms with Crippen molar-refractivity contribution in [1.82, 2.24) is 5.32 Å². The molecular weight excluding hydrogens is 907 g/mol. The molecule has 0 aromatic rings.